The van der Waals surface area contributed by atoms with E-state index in [-0.39, 0.29) is 24.1 Å². The van der Waals surface area contributed by atoms with Crippen molar-refractivity contribution in [3.63, 3.8) is 0 Å². The number of anilines is 1. The van der Waals surface area contributed by atoms with Crippen LogP contribution in [0.3, 0.4) is 0 Å². The van der Waals surface area contributed by atoms with Gasteiger partial charge in [-0.15, -0.1) is 0 Å². The molecule has 0 aliphatic carbocycles. The molecule has 1 fully saturated rings. The van der Waals surface area contributed by atoms with Crippen molar-refractivity contribution < 1.29 is 18.3 Å². The van der Waals surface area contributed by atoms with Crippen molar-refractivity contribution in [1.82, 2.24) is 9.88 Å². The highest BCUT2D eigenvalue weighted by atomic mass is 19.1. The van der Waals surface area contributed by atoms with Crippen LogP contribution in [0.4, 0.5) is 14.5 Å². The third kappa shape index (κ3) is 4.29. The normalized spacial score (nSPS) is 15.4. The van der Waals surface area contributed by atoms with E-state index in [1.807, 2.05) is 27.7 Å². The van der Waals surface area contributed by atoms with Gasteiger partial charge in [0.15, 0.2) is 0 Å². The minimum absolute atomic E-state index is 0.00240. The van der Waals surface area contributed by atoms with Gasteiger partial charge in [0, 0.05) is 36.0 Å². The highest BCUT2D eigenvalue weighted by Gasteiger charge is 2.28. The summed E-state index contributed by atoms with van der Waals surface area (Å²) in [5.74, 6) is -1.45. The summed E-state index contributed by atoms with van der Waals surface area (Å²) < 4.78 is 35.9. The van der Waals surface area contributed by atoms with Crippen molar-refractivity contribution in [2.75, 3.05) is 31.2 Å². The Morgan fingerprint density at radius 1 is 1.21 bits per heavy atom. The molecular formula is C22H29F2N3O2. The summed E-state index contributed by atoms with van der Waals surface area (Å²) in [5.41, 5.74) is 2.99. The Kier molecular flexibility index (Phi) is 6.57. The second kappa shape index (κ2) is 8.95. The average molecular weight is 405 g/mol. The maximum atomic E-state index is 14.3. The quantitative estimate of drug-likeness (QED) is 0.795. The van der Waals surface area contributed by atoms with E-state index in [9.17, 15) is 13.6 Å². The average Bonchev–Trinajstić information content (AvgIpc) is 2.95. The lowest BCUT2D eigenvalue weighted by Gasteiger charge is -2.29. The van der Waals surface area contributed by atoms with Gasteiger partial charge in [-0.1, -0.05) is 13.0 Å². The smallest absolute Gasteiger partial charge is 0.268 e. The lowest BCUT2D eigenvalue weighted by atomic mass is 10.1. The summed E-state index contributed by atoms with van der Waals surface area (Å²) in [4.78, 5) is 15.3. The maximum Gasteiger partial charge on any atom is 0.268 e. The van der Waals surface area contributed by atoms with Crippen LogP contribution in [-0.4, -0.2) is 42.8 Å². The molecule has 1 saturated heterocycles. The number of hydrogen-bond donors (Lipinski definition) is 1. The third-order valence-electron chi connectivity index (χ3n) is 5.64. The first-order valence-corrected chi connectivity index (χ1v) is 10.1. The fraction of sp³-hybridized carbons (Fsp3) is 0.500. The molecule has 3 rings (SSSR count). The summed E-state index contributed by atoms with van der Waals surface area (Å²) in [5, 5.41) is 3.00. The highest BCUT2D eigenvalue weighted by Crippen LogP contribution is 2.33. The second-order valence-electron chi connectivity index (χ2n) is 7.58. The Labute approximate surface area is 170 Å². The van der Waals surface area contributed by atoms with E-state index in [2.05, 4.69) is 10.2 Å². The summed E-state index contributed by atoms with van der Waals surface area (Å²) >= 11 is 0. The van der Waals surface area contributed by atoms with Crippen LogP contribution < -0.4 is 10.2 Å². The molecule has 29 heavy (non-hydrogen) atoms. The molecule has 1 atom stereocenters. The van der Waals surface area contributed by atoms with E-state index in [4.69, 9.17) is 4.74 Å². The van der Waals surface area contributed by atoms with Gasteiger partial charge in [0.05, 0.1) is 25.4 Å². The van der Waals surface area contributed by atoms with Crippen LogP contribution in [0.2, 0.25) is 0 Å². The standard InChI is InChI=1S/C22H29F2N3O2/c1-5-14(2)25-22(28)21-15(3)20(26-9-11-29-12-10-26)16(4)27(21)13-17-18(23)7-6-8-19(17)24/h6-8,14H,5,9-13H2,1-4H3,(H,25,28)/t14-/m1/s1. The number of benzene rings is 1. The molecule has 0 bridgehead atoms. The van der Waals surface area contributed by atoms with E-state index in [1.165, 1.54) is 18.2 Å². The monoisotopic (exact) mass is 405 g/mol. The number of rotatable bonds is 6. The minimum Gasteiger partial charge on any atom is -0.378 e. The fourth-order valence-electron chi connectivity index (χ4n) is 3.86. The molecule has 2 aromatic rings. The molecule has 1 aromatic heterocycles. The van der Waals surface area contributed by atoms with E-state index in [0.29, 0.717) is 32.0 Å². The first-order chi connectivity index (χ1) is 13.8. The fourth-order valence-corrected chi connectivity index (χ4v) is 3.86. The highest BCUT2D eigenvalue weighted by molar-refractivity contribution is 5.96. The van der Waals surface area contributed by atoms with E-state index < -0.39 is 11.6 Å². The lowest BCUT2D eigenvalue weighted by molar-refractivity contribution is 0.0929. The predicted octanol–water partition coefficient (Wildman–Crippen LogP) is 3.80. The Morgan fingerprint density at radius 3 is 2.41 bits per heavy atom. The number of aromatic nitrogens is 1. The molecule has 1 aliphatic rings. The molecule has 0 spiro atoms. The Bertz CT molecular complexity index is 868. The number of morpholine rings is 1. The van der Waals surface area contributed by atoms with Crippen molar-refractivity contribution in [1.29, 1.82) is 0 Å². The zero-order chi connectivity index (χ0) is 21.1. The number of nitrogens with zero attached hydrogens (tertiary/aromatic N) is 2. The topological polar surface area (TPSA) is 46.5 Å². The molecule has 0 radical (unpaired) electrons. The van der Waals surface area contributed by atoms with E-state index in [1.54, 1.807) is 4.57 Å². The number of halogens is 2. The number of ether oxygens (including phenoxy) is 1. The molecule has 0 saturated carbocycles. The zero-order valence-electron chi connectivity index (χ0n) is 17.5. The molecule has 158 valence electrons. The van der Waals surface area contributed by atoms with Gasteiger partial charge in [0.25, 0.3) is 5.91 Å². The van der Waals surface area contributed by atoms with Crippen LogP contribution in [0, 0.1) is 25.5 Å². The van der Waals surface area contributed by atoms with Crippen molar-refractivity contribution in [3.8, 4) is 0 Å². The molecule has 1 aromatic carbocycles. The Morgan fingerprint density at radius 2 is 1.83 bits per heavy atom. The molecule has 1 N–H and O–H groups in total. The number of carbonyl (C=O) groups excluding carboxylic acids is 1. The van der Waals surface area contributed by atoms with Gasteiger partial charge in [-0.3, -0.25) is 4.79 Å². The SMILES string of the molecule is CC[C@@H](C)NC(=O)c1c(C)c(N2CCOCC2)c(C)n1Cc1c(F)cccc1F. The Hall–Kier alpha value is -2.41. The molecule has 2 heterocycles. The van der Waals surface area contributed by atoms with E-state index in [0.717, 1.165) is 23.4 Å². The van der Waals surface area contributed by atoms with E-state index >= 15 is 0 Å². The summed E-state index contributed by atoms with van der Waals surface area (Å²) in [6, 6.07) is 3.83. The maximum absolute atomic E-state index is 14.3. The van der Waals surface area contributed by atoms with Crippen molar-refractivity contribution in [2.24, 2.45) is 0 Å². The van der Waals surface area contributed by atoms with Gasteiger partial charge in [0.1, 0.15) is 17.3 Å². The molecule has 1 aliphatic heterocycles. The molecule has 1 amide bonds. The minimum atomic E-state index is -0.614. The van der Waals surface area contributed by atoms with Crippen LogP contribution in [0.5, 0.6) is 0 Å². The van der Waals surface area contributed by atoms with Crippen LogP contribution in [-0.2, 0) is 11.3 Å². The van der Waals surface area contributed by atoms with Crippen LogP contribution in [0.25, 0.3) is 0 Å². The summed E-state index contributed by atoms with van der Waals surface area (Å²) in [6.45, 7) is 10.3. The summed E-state index contributed by atoms with van der Waals surface area (Å²) in [6.07, 6.45) is 0.794. The first kappa shape index (κ1) is 21.3. The number of nitrogens with one attached hydrogen (secondary N) is 1. The number of hydrogen-bond acceptors (Lipinski definition) is 3. The van der Waals surface area contributed by atoms with Gasteiger partial charge in [-0.25, -0.2) is 8.78 Å². The summed E-state index contributed by atoms with van der Waals surface area (Å²) in [7, 11) is 0. The molecule has 7 heteroatoms. The number of carbonyl (C=O) groups is 1. The molecule has 0 unspecified atom stereocenters. The number of amides is 1. The van der Waals surface area contributed by atoms with Gasteiger partial charge < -0.3 is 19.5 Å². The van der Waals surface area contributed by atoms with Gasteiger partial charge >= 0.3 is 0 Å². The third-order valence-corrected chi connectivity index (χ3v) is 5.64. The lowest BCUT2D eigenvalue weighted by Crippen LogP contribution is -2.37. The van der Waals surface area contributed by atoms with Crippen LogP contribution in [0.1, 0.15) is 47.6 Å². The molecular weight excluding hydrogens is 376 g/mol. The first-order valence-electron chi connectivity index (χ1n) is 10.1. The van der Waals surface area contributed by atoms with Crippen molar-refractivity contribution in [3.05, 3.63) is 52.3 Å². The molecule has 5 nitrogen and oxygen atoms in total. The predicted molar refractivity (Wildman–Crippen MR) is 110 cm³/mol. The van der Waals surface area contributed by atoms with Crippen molar-refractivity contribution in [2.45, 2.75) is 46.7 Å². The van der Waals surface area contributed by atoms with Crippen LogP contribution in [0.15, 0.2) is 18.2 Å². The zero-order valence-corrected chi connectivity index (χ0v) is 17.5. The van der Waals surface area contributed by atoms with Crippen molar-refractivity contribution >= 4 is 11.6 Å². The van der Waals surface area contributed by atoms with Gasteiger partial charge in [-0.05, 0) is 39.3 Å². The van der Waals surface area contributed by atoms with Crippen LogP contribution >= 0.6 is 0 Å². The van der Waals surface area contributed by atoms with Gasteiger partial charge in [0.2, 0.25) is 0 Å². The van der Waals surface area contributed by atoms with Gasteiger partial charge in [-0.2, -0.15) is 0 Å². The largest absolute Gasteiger partial charge is 0.378 e. The Balaban J connectivity index is 2.10. The second-order valence-corrected chi connectivity index (χ2v) is 7.58.